The fourth-order valence-electron chi connectivity index (χ4n) is 2.57. The number of ether oxygens (including phenoxy) is 1. The van der Waals surface area contributed by atoms with Crippen molar-refractivity contribution in [2.45, 2.75) is 26.5 Å². The maximum atomic E-state index is 10.6. The highest BCUT2D eigenvalue weighted by molar-refractivity contribution is 5.38. The van der Waals surface area contributed by atoms with Crippen LogP contribution < -0.4 is 4.74 Å². The van der Waals surface area contributed by atoms with Crippen LogP contribution in [0, 0.1) is 6.92 Å². The first-order valence-corrected chi connectivity index (χ1v) is 7.74. The van der Waals surface area contributed by atoms with Gasteiger partial charge >= 0.3 is 0 Å². The molecule has 0 aliphatic rings. The minimum absolute atomic E-state index is 0.560. The molecule has 2 aromatic rings. The first kappa shape index (κ1) is 16.5. The smallest absolute Gasteiger partial charge is 0.125 e. The van der Waals surface area contributed by atoms with Gasteiger partial charge in [0.2, 0.25) is 0 Å². The molecule has 3 nitrogen and oxygen atoms in total. The number of hydrogen-bond acceptors (Lipinski definition) is 3. The summed E-state index contributed by atoms with van der Waals surface area (Å²) < 4.78 is 5.63. The second-order valence-electron chi connectivity index (χ2n) is 5.67. The van der Waals surface area contributed by atoms with Crippen LogP contribution in [0.4, 0.5) is 0 Å². The third-order valence-corrected chi connectivity index (χ3v) is 3.60. The van der Waals surface area contributed by atoms with Crippen molar-refractivity contribution in [3.8, 4) is 5.75 Å². The molecule has 0 amide bonds. The molecule has 0 radical (unpaired) electrons. The normalized spacial score (nSPS) is 12.4. The number of hydrogen-bond donors (Lipinski definition) is 1. The number of rotatable bonds is 7. The standard InChI is InChI=1S/C19H25NO2/c1-4-22-19-11-10-15(2)12-17(19)18(21)14-20(3)13-16-8-6-5-7-9-16/h5-12,18,21H,4,13-14H2,1-3H3. The lowest BCUT2D eigenvalue weighted by Crippen LogP contribution is -2.24. The lowest BCUT2D eigenvalue weighted by Gasteiger charge is -2.22. The Balaban J connectivity index is 2.05. The number of likely N-dealkylation sites (N-methyl/N-ethyl adjacent to an activating group) is 1. The molecule has 118 valence electrons. The van der Waals surface area contributed by atoms with E-state index in [0.29, 0.717) is 13.2 Å². The quantitative estimate of drug-likeness (QED) is 0.848. The summed E-state index contributed by atoms with van der Waals surface area (Å²) in [6.07, 6.45) is -0.560. The van der Waals surface area contributed by atoms with E-state index in [9.17, 15) is 5.11 Å². The molecule has 2 aromatic carbocycles. The van der Waals surface area contributed by atoms with Crippen molar-refractivity contribution >= 4 is 0 Å². The van der Waals surface area contributed by atoms with E-state index in [0.717, 1.165) is 23.4 Å². The molecular formula is C19H25NO2. The van der Waals surface area contributed by atoms with Crippen LogP contribution in [0.5, 0.6) is 5.75 Å². The zero-order valence-corrected chi connectivity index (χ0v) is 13.6. The highest BCUT2D eigenvalue weighted by atomic mass is 16.5. The van der Waals surface area contributed by atoms with Gasteiger partial charge in [-0.2, -0.15) is 0 Å². The van der Waals surface area contributed by atoms with Crippen LogP contribution in [0.25, 0.3) is 0 Å². The van der Waals surface area contributed by atoms with Crippen LogP contribution in [-0.4, -0.2) is 30.2 Å². The average Bonchev–Trinajstić information content (AvgIpc) is 2.50. The van der Waals surface area contributed by atoms with Gasteiger partial charge in [-0.1, -0.05) is 42.0 Å². The molecule has 0 heterocycles. The Labute approximate surface area is 133 Å². The Bertz CT molecular complexity index is 583. The van der Waals surface area contributed by atoms with Crippen molar-refractivity contribution in [2.75, 3.05) is 20.2 Å². The molecule has 2 rings (SSSR count). The third-order valence-electron chi connectivity index (χ3n) is 3.60. The molecule has 1 N–H and O–H groups in total. The summed E-state index contributed by atoms with van der Waals surface area (Å²) in [5, 5.41) is 10.6. The van der Waals surface area contributed by atoms with Crippen LogP contribution in [0.1, 0.15) is 29.7 Å². The number of benzene rings is 2. The van der Waals surface area contributed by atoms with Crippen molar-refractivity contribution in [1.29, 1.82) is 0 Å². The lowest BCUT2D eigenvalue weighted by molar-refractivity contribution is 0.120. The molecule has 0 saturated heterocycles. The van der Waals surface area contributed by atoms with E-state index in [4.69, 9.17) is 4.74 Å². The minimum atomic E-state index is -0.560. The molecule has 1 atom stereocenters. The van der Waals surface area contributed by atoms with Gasteiger partial charge in [0.25, 0.3) is 0 Å². The summed E-state index contributed by atoms with van der Waals surface area (Å²) in [5.74, 6) is 0.772. The maximum absolute atomic E-state index is 10.6. The second-order valence-corrected chi connectivity index (χ2v) is 5.67. The summed E-state index contributed by atoms with van der Waals surface area (Å²) in [6, 6.07) is 16.2. The average molecular weight is 299 g/mol. The molecule has 1 unspecified atom stereocenters. The van der Waals surface area contributed by atoms with Crippen molar-refractivity contribution in [3.63, 3.8) is 0 Å². The van der Waals surface area contributed by atoms with Gasteiger partial charge in [0.05, 0.1) is 12.7 Å². The van der Waals surface area contributed by atoms with Crippen LogP contribution in [-0.2, 0) is 6.54 Å². The second kappa shape index (κ2) is 7.97. The summed E-state index contributed by atoms with van der Waals surface area (Å²) in [4.78, 5) is 2.12. The largest absolute Gasteiger partial charge is 0.493 e. The van der Waals surface area contributed by atoms with E-state index < -0.39 is 6.10 Å². The van der Waals surface area contributed by atoms with Gasteiger partial charge in [-0.3, -0.25) is 4.90 Å². The minimum Gasteiger partial charge on any atom is -0.493 e. The Kier molecular flexibility index (Phi) is 5.99. The van der Waals surface area contributed by atoms with Crippen molar-refractivity contribution in [2.24, 2.45) is 0 Å². The number of nitrogens with zero attached hydrogens (tertiary/aromatic N) is 1. The number of aliphatic hydroxyl groups is 1. The first-order valence-electron chi connectivity index (χ1n) is 7.74. The Morgan fingerprint density at radius 1 is 1.14 bits per heavy atom. The summed E-state index contributed by atoms with van der Waals surface area (Å²) in [7, 11) is 2.02. The lowest BCUT2D eigenvalue weighted by atomic mass is 10.0. The fourth-order valence-corrected chi connectivity index (χ4v) is 2.57. The highest BCUT2D eigenvalue weighted by Crippen LogP contribution is 2.27. The Morgan fingerprint density at radius 2 is 1.86 bits per heavy atom. The number of aliphatic hydroxyl groups excluding tert-OH is 1. The van der Waals surface area contributed by atoms with Gasteiger partial charge < -0.3 is 9.84 Å². The van der Waals surface area contributed by atoms with Crippen LogP contribution in [0.3, 0.4) is 0 Å². The predicted octanol–water partition coefficient (Wildman–Crippen LogP) is 3.56. The zero-order chi connectivity index (χ0) is 15.9. The van der Waals surface area contributed by atoms with E-state index >= 15 is 0 Å². The highest BCUT2D eigenvalue weighted by Gasteiger charge is 2.16. The number of aryl methyl sites for hydroxylation is 1. The molecule has 0 aliphatic carbocycles. The Hall–Kier alpha value is -1.84. The topological polar surface area (TPSA) is 32.7 Å². The summed E-state index contributed by atoms with van der Waals surface area (Å²) >= 11 is 0. The monoisotopic (exact) mass is 299 g/mol. The first-order chi connectivity index (χ1) is 10.6. The van der Waals surface area contributed by atoms with E-state index in [1.54, 1.807) is 0 Å². The molecule has 0 aromatic heterocycles. The van der Waals surface area contributed by atoms with Gasteiger partial charge in [0, 0.05) is 18.7 Å². The fraction of sp³-hybridized carbons (Fsp3) is 0.368. The van der Waals surface area contributed by atoms with Gasteiger partial charge in [-0.25, -0.2) is 0 Å². The van der Waals surface area contributed by atoms with Crippen LogP contribution in [0.2, 0.25) is 0 Å². The Morgan fingerprint density at radius 3 is 2.55 bits per heavy atom. The maximum Gasteiger partial charge on any atom is 0.125 e. The van der Waals surface area contributed by atoms with Gasteiger partial charge in [-0.15, -0.1) is 0 Å². The third kappa shape index (κ3) is 4.58. The van der Waals surface area contributed by atoms with Gasteiger partial charge in [0.15, 0.2) is 0 Å². The van der Waals surface area contributed by atoms with E-state index in [2.05, 4.69) is 17.0 Å². The van der Waals surface area contributed by atoms with Crippen molar-refractivity contribution in [1.82, 2.24) is 4.90 Å². The molecule has 0 bridgehead atoms. The van der Waals surface area contributed by atoms with E-state index in [1.807, 2.05) is 57.3 Å². The SMILES string of the molecule is CCOc1ccc(C)cc1C(O)CN(C)Cc1ccccc1. The van der Waals surface area contributed by atoms with Crippen molar-refractivity contribution in [3.05, 3.63) is 65.2 Å². The van der Waals surface area contributed by atoms with Gasteiger partial charge in [0.1, 0.15) is 5.75 Å². The van der Waals surface area contributed by atoms with Crippen LogP contribution in [0.15, 0.2) is 48.5 Å². The zero-order valence-electron chi connectivity index (χ0n) is 13.6. The molecule has 3 heteroatoms. The summed E-state index contributed by atoms with van der Waals surface area (Å²) in [5.41, 5.74) is 3.23. The molecule has 0 fully saturated rings. The van der Waals surface area contributed by atoms with E-state index in [-0.39, 0.29) is 0 Å². The molecule has 0 aliphatic heterocycles. The molecule has 0 spiro atoms. The molecule has 22 heavy (non-hydrogen) atoms. The predicted molar refractivity (Wildman–Crippen MR) is 90.1 cm³/mol. The van der Waals surface area contributed by atoms with E-state index in [1.165, 1.54) is 5.56 Å². The summed E-state index contributed by atoms with van der Waals surface area (Å²) in [6.45, 7) is 5.96. The van der Waals surface area contributed by atoms with Crippen molar-refractivity contribution < 1.29 is 9.84 Å². The molecular weight excluding hydrogens is 274 g/mol. The molecule has 0 saturated carbocycles. The van der Waals surface area contributed by atoms with Crippen LogP contribution >= 0.6 is 0 Å². The van der Waals surface area contributed by atoms with Gasteiger partial charge in [-0.05, 0) is 38.6 Å².